The van der Waals surface area contributed by atoms with Crippen molar-refractivity contribution in [1.82, 2.24) is 0 Å². The molecule has 0 spiro atoms. The van der Waals surface area contributed by atoms with Gasteiger partial charge in [-0.05, 0) is 0 Å². The molecule has 0 aromatic heterocycles. The van der Waals surface area contributed by atoms with Crippen LogP contribution in [-0.4, -0.2) is 12.6 Å². The average molecular weight is 435 g/mol. The second kappa shape index (κ2) is 29.5. The van der Waals surface area contributed by atoms with E-state index in [1.807, 2.05) is 0 Å². The van der Waals surface area contributed by atoms with Gasteiger partial charge < -0.3 is 23.5 Å². The van der Waals surface area contributed by atoms with Gasteiger partial charge in [0.05, 0.1) is 0 Å². The summed E-state index contributed by atoms with van der Waals surface area (Å²) in [7, 11) is 0. The molecule has 0 fully saturated rings. The van der Waals surface area contributed by atoms with E-state index in [1.54, 1.807) is 6.08 Å². The number of rotatable bonds is 5. The number of nitrogens with zero attached hydrogens (tertiary/aromatic N) is 1. The van der Waals surface area contributed by atoms with Crippen molar-refractivity contribution in [2.24, 2.45) is 0 Å². The molecule has 0 unspecified atom stereocenters. The Morgan fingerprint density at radius 1 is 1.56 bits per heavy atom. The monoisotopic (exact) mass is 433 g/mol. The summed E-state index contributed by atoms with van der Waals surface area (Å²) in [5, 5.41) is 6.25. The molecule has 0 bridgehead atoms. The second-order valence-corrected chi connectivity index (χ2v) is 1.96. The van der Waals surface area contributed by atoms with E-state index < -0.39 is 0 Å². The molecule has 0 heterocycles. The number of halogens is 1. The van der Waals surface area contributed by atoms with Crippen LogP contribution in [0.3, 0.4) is 0 Å². The molecule has 16 heavy (non-hydrogen) atoms. The third kappa shape index (κ3) is 29.2. The third-order valence-corrected chi connectivity index (χ3v) is 0.968. The van der Waals surface area contributed by atoms with E-state index in [1.165, 1.54) is 26.9 Å². The molecule has 0 aliphatic heterocycles. The Morgan fingerprint density at radius 2 is 2.06 bits per heavy atom. The Hall–Kier alpha value is 0.313. The maximum atomic E-state index is 10.7. The molecule has 0 aromatic carbocycles. The molecule has 90 valence electrons. The van der Waals surface area contributed by atoms with Crippen LogP contribution in [0.5, 0.6) is 0 Å². The molecule has 0 aliphatic rings. The molecule has 0 saturated carbocycles. The average Bonchev–Trinajstić information content (AvgIpc) is 2.32. The van der Waals surface area contributed by atoms with Crippen LogP contribution in [0.2, 0.25) is 0 Å². The number of allylic oxidation sites excluding steroid dienone is 1. The summed E-state index contributed by atoms with van der Waals surface area (Å²) in [6.45, 7) is 12.1. The fourth-order valence-corrected chi connectivity index (χ4v) is 0.487. The van der Waals surface area contributed by atoms with Crippen molar-refractivity contribution in [2.75, 3.05) is 6.61 Å². The molecular weight excluding hydrogens is 422 g/mol. The molecule has 0 aromatic rings. The number of esters is 1. The Kier molecular flexibility index (Phi) is 46.5. The van der Waals surface area contributed by atoms with Crippen LogP contribution >= 0.6 is 19.8 Å². The molecule has 0 saturated heterocycles. The van der Waals surface area contributed by atoms with E-state index in [0.717, 1.165) is 12.8 Å². The van der Waals surface area contributed by atoms with Crippen molar-refractivity contribution in [2.45, 2.75) is 12.8 Å². The van der Waals surface area contributed by atoms with Crippen LogP contribution in [0.4, 0.5) is 0 Å². The van der Waals surface area contributed by atoms with Gasteiger partial charge >= 0.3 is 57.6 Å². The number of carbonyl (C=O) groups is 1. The maximum absolute atomic E-state index is 10.7. The van der Waals surface area contributed by atoms with Gasteiger partial charge in [0.25, 0.3) is 0 Å². The van der Waals surface area contributed by atoms with Gasteiger partial charge in [-0.2, -0.15) is 6.42 Å². The quantitative estimate of drug-likeness (QED) is 0.167. The van der Waals surface area contributed by atoms with Crippen molar-refractivity contribution >= 4 is 25.7 Å². The SMILES string of the molecule is C=CCOC(=O)/C=C/CC[CH2-].[C-]#N.[Cu+].[Zn+][I]. The number of ether oxygens (including phenoxy) is 1. The van der Waals surface area contributed by atoms with Crippen LogP contribution in [0.25, 0.3) is 0 Å². The van der Waals surface area contributed by atoms with Gasteiger partial charge in [0, 0.05) is 6.08 Å². The summed E-state index contributed by atoms with van der Waals surface area (Å²) in [5.41, 5.74) is 0. The van der Waals surface area contributed by atoms with Crippen molar-refractivity contribution in [1.29, 1.82) is 5.26 Å². The predicted octanol–water partition coefficient (Wildman–Crippen LogP) is 2.86. The summed E-state index contributed by atoms with van der Waals surface area (Å²) in [5.74, 6) is -0.321. The summed E-state index contributed by atoms with van der Waals surface area (Å²) < 4.78 is 4.67. The van der Waals surface area contributed by atoms with Gasteiger partial charge in [0.1, 0.15) is 6.61 Å². The zero-order chi connectivity index (χ0) is 12.5. The van der Waals surface area contributed by atoms with Gasteiger partial charge in [-0.1, -0.05) is 25.2 Å². The van der Waals surface area contributed by atoms with Gasteiger partial charge in [0.2, 0.25) is 0 Å². The number of unbranched alkanes of at least 4 members (excludes halogenated alkanes) is 1. The summed E-state index contributed by atoms with van der Waals surface area (Å²) in [6, 6.07) is 0. The standard InChI is InChI=1S/C9H13O2.CN.Cu.HI.Zn/c1-3-5-6-7-9(10)11-8-4-2;1-2;;;/h4,6-7H,1-3,5,8H2;;;1H;/q2*-1;+1;;+2/p-1/b7-6+;;;;. The molecule has 0 radical (unpaired) electrons. The van der Waals surface area contributed by atoms with Crippen LogP contribution in [0, 0.1) is 18.8 Å². The molecular formula is C10H13CuINO2Zn. The fraction of sp³-hybridized carbons (Fsp3) is 0.300. The first-order chi connectivity index (χ1) is 7.31. The number of hydrogen-bond donors (Lipinski definition) is 0. The molecule has 0 N–H and O–H groups in total. The van der Waals surface area contributed by atoms with E-state index >= 15 is 0 Å². The molecule has 0 rings (SSSR count). The molecule has 3 nitrogen and oxygen atoms in total. The molecule has 0 atom stereocenters. The van der Waals surface area contributed by atoms with E-state index in [4.69, 9.17) is 11.8 Å². The van der Waals surface area contributed by atoms with Crippen molar-refractivity contribution in [3.05, 3.63) is 38.3 Å². The topological polar surface area (TPSA) is 50.1 Å². The van der Waals surface area contributed by atoms with Crippen molar-refractivity contribution in [3.8, 4) is 0 Å². The third-order valence-electron chi connectivity index (χ3n) is 0.968. The Morgan fingerprint density at radius 3 is 2.44 bits per heavy atom. The fourth-order valence-electron chi connectivity index (χ4n) is 0.487. The predicted molar refractivity (Wildman–Crippen MR) is 63.9 cm³/mol. The van der Waals surface area contributed by atoms with E-state index in [0.29, 0.717) is 0 Å². The Balaban J connectivity index is -0.000000129. The zero-order valence-corrected chi connectivity index (χ0v) is 15.0. The van der Waals surface area contributed by atoms with Crippen LogP contribution in [0.15, 0.2) is 24.8 Å². The molecule has 0 amide bonds. The summed E-state index contributed by atoms with van der Waals surface area (Å²) in [6.07, 6.45) is 6.30. The van der Waals surface area contributed by atoms with Gasteiger partial charge in [-0.3, -0.25) is 0 Å². The van der Waals surface area contributed by atoms with Gasteiger partial charge in [0.15, 0.2) is 0 Å². The van der Waals surface area contributed by atoms with Crippen LogP contribution in [0.1, 0.15) is 12.8 Å². The zero-order valence-electron chi connectivity index (χ0n) is 8.92. The van der Waals surface area contributed by atoms with Crippen molar-refractivity contribution < 1.29 is 41.4 Å². The summed E-state index contributed by atoms with van der Waals surface area (Å²) in [4.78, 5) is 10.7. The Labute approximate surface area is 129 Å². The van der Waals surface area contributed by atoms with Crippen molar-refractivity contribution in [3.63, 3.8) is 0 Å². The number of carbonyl (C=O) groups excluding carboxylic acids is 1. The van der Waals surface area contributed by atoms with E-state index in [9.17, 15) is 4.79 Å². The second-order valence-electron chi connectivity index (χ2n) is 1.96. The van der Waals surface area contributed by atoms with Gasteiger partial charge in [-0.25, -0.2) is 4.79 Å². The Bertz CT molecular complexity index is 199. The van der Waals surface area contributed by atoms with E-state index in [-0.39, 0.29) is 29.6 Å². The summed E-state index contributed by atoms with van der Waals surface area (Å²) >= 11 is 3.62. The first-order valence-electron chi connectivity index (χ1n) is 4.03. The van der Waals surface area contributed by atoms with E-state index in [2.05, 4.69) is 38.0 Å². The first-order valence-corrected chi connectivity index (χ1v) is 13.1. The molecule has 0 aliphatic carbocycles. The minimum atomic E-state index is -0.321. The van der Waals surface area contributed by atoms with Crippen LogP contribution in [-0.2, 0) is 41.4 Å². The number of hydrogen-bond acceptors (Lipinski definition) is 3. The minimum absolute atomic E-state index is 0. The first kappa shape index (κ1) is 25.2. The van der Waals surface area contributed by atoms with Gasteiger partial charge in [-0.15, -0.1) is 0 Å². The molecule has 6 heteroatoms. The van der Waals surface area contributed by atoms with Crippen LogP contribution < -0.4 is 0 Å². The normalized spacial score (nSPS) is 7.38.